The Balaban J connectivity index is 2.48. The molecule has 16 heavy (non-hydrogen) atoms. The fraction of sp³-hybridized carbons (Fsp3) is 0.636. The van der Waals surface area contributed by atoms with E-state index in [4.69, 9.17) is 10.5 Å². The minimum Gasteiger partial charge on any atom is -0.385 e. The summed E-state index contributed by atoms with van der Waals surface area (Å²) in [5.41, 5.74) is 6.03. The molecule has 92 valence electrons. The monoisotopic (exact) mass is 323 g/mol. The molecule has 0 amide bonds. The van der Waals surface area contributed by atoms with Crippen molar-refractivity contribution >= 4 is 39.0 Å². The number of hydrogen-bond acceptors (Lipinski definition) is 4. The van der Waals surface area contributed by atoms with E-state index in [9.17, 15) is 0 Å². The third-order valence-corrected chi connectivity index (χ3v) is 5.63. The van der Waals surface area contributed by atoms with E-state index in [0.717, 1.165) is 23.3 Å². The molecule has 2 atom stereocenters. The highest BCUT2D eigenvalue weighted by molar-refractivity contribution is 9.10. The summed E-state index contributed by atoms with van der Waals surface area (Å²) < 4.78 is 6.19. The van der Waals surface area contributed by atoms with Gasteiger partial charge >= 0.3 is 0 Å². The first-order valence-corrected chi connectivity index (χ1v) is 7.97. The number of halogens is 1. The van der Waals surface area contributed by atoms with Crippen LogP contribution in [0.25, 0.3) is 0 Å². The second-order valence-electron chi connectivity index (χ2n) is 3.66. The van der Waals surface area contributed by atoms with E-state index in [-0.39, 0.29) is 6.04 Å². The van der Waals surface area contributed by atoms with Gasteiger partial charge in [-0.1, -0.05) is 0 Å². The Kier molecular flexibility index (Phi) is 7.00. The third-order valence-electron chi connectivity index (χ3n) is 2.14. The molecule has 1 aromatic heterocycles. The quantitative estimate of drug-likeness (QED) is 0.777. The molecule has 2 nitrogen and oxygen atoms in total. The van der Waals surface area contributed by atoms with Gasteiger partial charge < -0.3 is 10.5 Å². The minimum absolute atomic E-state index is 0.179. The van der Waals surface area contributed by atoms with Gasteiger partial charge in [-0.2, -0.15) is 11.8 Å². The van der Waals surface area contributed by atoms with Gasteiger partial charge in [-0.15, -0.1) is 11.3 Å². The Morgan fingerprint density at radius 2 is 2.38 bits per heavy atom. The van der Waals surface area contributed by atoms with Crippen LogP contribution in [0.1, 0.15) is 23.5 Å². The van der Waals surface area contributed by atoms with E-state index in [2.05, 4.69) is 34.3 Å². The highest BCUT2D eigenvalue weighted by Crippen LogP contribution is 2.36. The van der Waals surface area contributed by atoms with Crippen LogP contribution in [0.3, 0.4) is 0 Å². The Hall–Kier alpha value is 0.450. The number of nitrogens with two attached hydrogens (primary N) is 1. The lowest BCUT2D eigenvalue weighted by atomic mass is 10.2. The fourth-order valence-corrected chi connectivity index (χ4v) is 4.37. The van der Waals surface area contributed by atoms with Gasteiger partial charge in [-0.05, 0) is 41.1 Å². The zero-order valence-electron chi connectivity index (χ0n) is 9.61. The Morgan fingerprint density at radius 3 is 2.88 bits per heavy atom. The molecule has 1 heterocycles. The van der Waals surface area contributed by atoms with Gasteiger partial charge in [-0.25, -0.2) is 0 Å². The highest BCUT2D eigenvalue weighted by atomic mass is 79.9. The van der Waals surface area contributed by atoms with E-state index in [0.29, 0.717) is 5.25 Å². The van der Waals surface area contributed by atoms with Crippen molar-refractivity contribution in [3.63, 3.8) is 0 Å². The summed E-state index contributed by atoms with van der Waals surface area (Å²) in [7, 11) is 1.74. The molecule has 1 aromatic rings. The van der Waals surface area contributed by atoms with Crippen molar-refractivity contribution in [3.8, 4) is 0 Å². The van der Waals surface area contributed by atoms with E-state index < -0.39 is 0 Å². The predicted molar refractivity (Wildman–Crippen MR) is 77.4 cm³/mol. The first-order chi connectivity index (χ1) is 7.65. The second-order valence-corrected chi connectivity index (χ2v) is 6.77. The standard InChI is InChI=1S/C11H18BrNOS2/c1-8(13)11(15-5-3-4-14-2)10-6-9(12)7-16-10/h6-8,11H,3-5,13H2,1-2H3. The van der Waals surface area contributed by atoms with Crippen molar-refractivity contribution in [1.82, 2.24) is 0 Å². The first-order valence-electron chi connectivity index (χ1n) is 5.25. The Morgan fingerprint density at radius 1 is 1.62 bits per heavy atom. The molecule has 1 rings (SSSR count). The number of thioether (sulfide) groups is 1. The van der Waals surface area contributed by atoms with Crippen LogP contribution in [0.15, 0.2) is 15.9 Å². The van der Waals surface area contributed by atoms with Crippen LogP contribution in [-0.2, 0) is 4.74 Å². The van der Waals surface area contributed by atoms with E-state index in [1.54, 1.807) is 18.4 Å². The molecule has 0 fully saturated rings. The van der Waals surface area contributed by atoms with Crippen molar-refractivity contribution in [3.05, 3.63) is 20.8 Å². The Bertz CT molecular complexity index is 304. The summed E-state index contributed by atoms with van der Waals surface area (Å²) in [6, 6.07) is 2.35. The molecular weight excluding hydrogens is 306 g/mol. The Labute approximate surface area is 114 Å². The average molecular weight is 324 g/mol. The highest BCUT2D eigenvalue weighted by Gasteiger charge is 2.18. The van der Waals surface area contributed by atoms with Gasteiger partial charge in [-0.3, -0.25) is 0 Å². The molecule has 2 N–H and O–H groups in total. The van der Waals surface area contributed by atoms with Crippen molar-refractivity contribution in [2.24, 2.45) is 5.73 Å². The van der Waals surface area contributed by atoms with Crippen molar-refractivity contribution < 1.29 is 4.74 Å². The summed E-state index contributed by atoms with van der Waals surface area (Å²) >= 11 is 7.17. The summed E-state index contributed by atoms with van der Waals surface area (Å²) in [5, 5.41) is 2.51. The molecular formula is C11H18BrNOS2. The first kappa shape index (κ1) is 14.5. The second kappa shape index (κ2) is 7.71. The lowest BCUT2D eigenvalue weighted by molar-refractivity contribution is 0.200. The molecule has 5 heteroatoms. The minimum atomic E-state index is 0.179. The van der Waals surface area contributed by atoms with Crippen LogP contribution in [0.5, 0.6) is 0 Å². The fourth-order valence-electron chi connectivity index (χ4n) is 1.38. The SMILES string of the molecule is COCCCSC(c1cc(Br)cs1)C(C)N. The molecule has 0 bridgehead atoms. The average Bonchev–Trinajstić information content (AvgIpc) is 2.64. The number of hydrogen-bond donors (Lipinski definition) is 1. The summed E-state index contributed by atoms with van der Waals surface area (Å²) in [6.07, 6.45) is 1.08. The van der Waals surface area contributed by atoms with Gasteiger partial charge in [0.1, 0.15) is 0 Å². The summed E-state index contributed by atoms with van der Waals surface area (Å²) in [6.45, 7) is 2.90. The maximum atomic E-state index is 6.03. The molecule has 0 radical (unpaired) electrons. The largest absolute Gasteiger partial charge is 0.385 e. The summed E-state index contributed by atoms with van der Waals surface area (Å²) in [5.74, 6) is 1.09. The zero-order valence-corrected chi connectivity index (χ0v) is 12.8. The molecule has 0 spiro atoms. The van der Waals surface area contributed by atoms with Crippen LogP contribution in [-0.4, -0.2) is 25.5 Å². The van der Waals surface area contributed by atoms with Gasteiger partial charge in [0.15, 0.2) is 0 Å². The van der Waals surface area contributed by atoms with Crippen LogP contribution in [0.4, 0.5) is 0 Å². The zero-order chi connectivity index (χ0) is 12.0. The smallest absolute Gasteiger partial charge is 0.0539 e. The van der Waals surface area contributed by atoms with Gasteiger partial charge in [0.25, 0.3) is 0 Å². The maximum Gasteiger partial charge on any atom is 0.0539 e. The normalized spacial score (nSPS) is 15.0. The molecule has 0 aliphatic rings. The number of thiophene rings is 1. The van der Waals surface area contributed by atoms with Crippen molar-refractivity contribution in [2.75, 3.05) is 19.5 Å². The molecule has 0 saturated heterocycles. The lowest BCUT2D eigenvalue weighted by Crippen LogP contribution is -2.22. The maximum absolute atomic E-state index is 6.03. The van der Waals surface area contributed by atoms with Crippen molar-refractivity contribution in [2.45, 2.75) is 24.6 Å². The van der Waals surface area contributed by atoms with Crippen molar-refractivity contribution in [1.29, 1.82) is 0 Å². The van der Waals surface area contributed by atoms with Crippen LogP contribution >= 0.6 is 39.0 Å². The van der Waals surface area contributed by atoms with E-state index in [1.165, 1.54) is 4.88 Å². The van der Waals surface area contributed by atoms with E-state index >= 15 is 0 Å². The van der Waals surface area contributed by atoms with Gasteiger partial charge in [0, 0.05) is 34.5 Å². The van der Waals surface area contributed by atoms with E-state index in [1.807, 2.05) is 11.8 Å². The van der Waals surface area contributed by atoms with Gasteiger partial charge in [0.2, 0.25) is 0 Å². The van der Waals surface area contributed by atoms with Crippen LogP contribution in [0, 0.1) is 0 Å². The molecule has 0 aliphatic heterocycles. The molecule has 0 saturated carbocycles. The predicted octanol–water partition coefficient (Wildman–Crippen LogP) is 3.67. The third kappa shape index (κ3) is 4.75. The summed E-state index contributed by atoms with van der Waals surface area (Å²) in [4.78, 5) is 1.35. The molecule has 2 unspecified atom stereocenters. The lowest BCUT2D eigenvalue weighted by Gasteiger charge is -2.18. The molecule has 0 aliphatic carbocycles. The topological polar surface area (TPSA) is 35.2 Å². The number of rotatable bonds is 7. The number of methoxy groups -OCH3 is 1. The van der Waals surface area contributed by atoms with Gasteiger partial charge in [0.05, 0.1) is 5.25 Å². The molecule has 0 aromatic carbocycles. The van der Waals surface area contributed by atoms with Crippen LogP contribution < -0.4 is 5.73 Å². The number of ether oxygens (including phenoxy) is 1. The van der Waals surface area contributed by atoms with Crippen LogP contribution in [0.2, 0.25) is 0 Å².